The van der Waals surface area contributed by atoms with Crippen molar-refractivity contribution in [2.45, 2.75) is 25.4 Å². The maximum Gasteiger partial charge on any atom is 0.132 e. The lowest BCUT2D eigenvalue weighted by Gasteiger charge is -2.11. The molecule has 0 radical (unpaired) electrons. The first-order chi connectivity index (χ1) is 6.27. The van der Waals surface area contributed by atoms with Crippen molar-refractivity contribution in [1.29, 1.82) is 0 Å². The zero-order chi connectivity index (χ0) is 9.26. The fourth-order valence-corrected chi connectivity index (χ4v) is 2.52. The highest BCUT2D eigenvalue weighted by atomic mass is 127. The highest BCUT2D eigenvalue weighted by Crippen LogP contribution is 2.15. The van der Waals surface area contributed by atoms with Gasteiger partial charge in [-0.15, -0.1) is 0 Å². The van der Waals surface area contributed by atoms with Gasteiger partial charge in [-0.05, 0) is 64.6 Å². The number of aromatic nitrogens is 2. The van der Waals surface area contributed by atoms with E-state index < -0.39 is 0 Å². The van der Waals surface area contributed by atoms with Crippen molar-refractivity contribution >= 4 is 45.2 Å². The lowest BCUT2D eigenvalue weighted by molar-refractivity contribution is 0.503. The van der Waals surface area contributed by atoms with Gasteiger partial charge in [-0.25, -0.2) is 4.98 Å². The Hall–Kier alpha value is 0.630. The van der Waals surface area contributed by atoms with E-state index in [0.29, 0.717) is 6.04 Å². The van der Waals surface area contributed by atoms with Crippen molar-refractivity contribution in [1.82, 2.24) is 14.9 Å². The van der Waals surface area contributed by atoms with Crippen molar-refractivity contribution in [2.24, 2.45) is 0 Å². The molecule has 0 bridgehead atoms. The van der Waals surface area contributed by atoms with Gasteiger partial charge in [0.15, 0.2) is 0 Å². The van der Waals surface area contributed by atoms with E-state index >= 15 is 0 Å². The molecule has 1 aliphatic heterocycles. The maximum atomic E-state index is 4.27. The third kappa shape index (κ3) is 2.35. The van der Waals surface area contributed by atoms with Crippen molar-refractivity contribution in [3.63, 3.8) is 0 Å². The minimum absolute atomic E-state index is 0.651. The maximum absolute atomic E-state index is 4.27. The second kappa shape index (κ2) is 4.43. The van der Waals surface area contributed by atoms with Gasteiger partial charge in [-0.3, -0.25) is 0 Å². The van der Waals surface area contributed by atoms with E-state index in [4.69, 9.17) is 0 Å². The molecule has 0 aromatic carbocycles. The van der Waals surface area contributed by atoms with Crippen LogP contribution in [-0.2, 0) is 6.54 Å². The first-order valence-electron chi connectivity index (χ1n) is 4.37. The predicted octanol–water partition coefficient (Wildman–Crippen LogP) is 1.84. The van der Waals surface area contributed by atoms with Gasteiger partial charge in [0.25, 0.3) is 0 Å². The normalized spacial score (nSPS) is 22.5. The van der Waals surface area contributed by atoms with Crippen molar-refractivity contribution in [2.75, 3.05) is 6.54 Å². The molecule has 1 saturated heterocycles. The van der Waals surface area contributed by atoms with Crippen LogP contribution in [0.2, 0.25) is 0 Å². The molecule has 0 amide bonds. The molecule has 1 atom stereocenters. The van der Waals surface area contributed by atoms with Gasteiger partial charge in [-0.2, -0.15) is 0 Å². The zero-order valence-corrected chi connectivity index (χ0v) is 11.4. The van der Waals surface area contributed by atoms with Gasteiger partial charge in [0.05, 0.1) is 6.33 Å². The monoisotopic (exact) mass is 403 g/mol. The van der Waals surface area contributed by atoms with Gasteiger partial charge in [0, 0.05) is 12.6 Å². The van der Waals surface area contributed by atoms with Crippen LogP contribution >= 0.6 is 45.2 Å². The molecule has 1 aromatic heterocycles. The van der Waals surface area contributed by atoms with E-state index in [1.807, 2.05) is 6.33 Å². The fourth-order valence-electron chi connectivity index (χ4n) is 1.62. The van der Waals surface area contributed by atoms with Gasteiger partial charge in [0.1, 0.15) is 7.40 Å². The molecular weight excluding hydrogens is 392 g/mol. The molecule has 1 aliphatic rings. The lowest BCUT2D eigenvalue weighted by Crippen LogP contribution is -2.26. The third-order valence-electron chi connectivity index (χ3n) is 2.31. The van der Waals surface area contributed by atoms with Crippen molar-refractivity contribution < 1.29 is 0 Å². The van der Waals surface area contributed by atoms with Gasteiger partial charge in [-0.1, -0.05) is 0 Å². The molecule has 2 heterocycles. The van der Waals surface area contributed by atoms with Gasteiger partial charge < -0.3 is 9.88 Å². The summed E-state index contributed by atoms with van der Waals surface area (Å²) in [7, 11) is 0. The topological polar surface area (TPSA) is 29.9 Å². The van der Waals surface area contributed by atoms with Crippen LogP contribution in [0.3, 0.4) is 0 Å². The van der Waals surface area contributed by atoms with E-state index in [2.05, 4.69) is 60.0 Å². The Bertz CT molecular complexity index is 292. The average Bonchev–Trinajstić information content (AvgIpc) is 2.71. The van der Waals surface area contributed by atoms with Gasteiger partial charge >= 0.3 is 0 Å². The van der Waals surface area contributed by atoms with E-state index in [1.54, 1.807) is 0 Å². The molecule has 13 heavy (non-hydrogen) atoms. The Morgan fingerprint density at radius 1 is 1.62 bits per heavy atom. The molecule has 0 spiro atoms. The molecule has 5 heteroatoms. The summed E-state index contributed by atoms with van der Waals surface area (Å²) in [5.74, 6) is 0. The Kier molecular flexibility index (Phi) is 3.46. The standard InChI is InChI=1S/C8H11I2N3/c9-7-8(10)13(5-12-7)4-6-2-1-3-11-6/h5-6,11H,1-4H2/t6-/m1/s1. The number of hydrogen-bond donors (Lipinski definition) is 1. The second-order valence-corrected chi connectivity index (χ2v) is 5.32. The number of nitrogens with zero attached hydrogens (tertiary/aromatic N) is 2. The first kappa shape index (κ1) is 10.2. The molecule has 0 unspecified atom stereocenters. The summed E-state index contributed by atoms with van der Waals surface area (Å²) in [6, 6.07) is 0.651. The summed E-state index contributed by atoms with van der Waals surface area (Å²) in [5, 5.41) is 3.49. The molecular formula is C8H11I2N3. The Morgan fingerprint density at radius 3 is 3.00 bits per heavy atom. The molecule has 3 nitrogen and oxygen atoms in total. The van der Waals surface area contributed by atoms with Crippen LogP contribution in [0.4, 0.5) is 0 Å². The molecule has 0 aliphatic carbocycles. The number of hydrogen-bond acceptors (Lipinski definition) is 2. The highest BCUT2D eigenvalue weighted by Gasteiger charge is 2.16. The predicted molar refractivity (Wildman–Crippen MR) is 68.7 cm³/mol. The highest BCUT2D eigenvalue weighted by molar-refractivity contribution is 14.1. The number of rotatable bonds is 2. The minimum Gasteiger partial charge on any atom is -0.324 e. The van der Waals surface area contributed by atoms with Crippen LogP contribution in [0.5, 0.6) is 0 Å². The Labute approximate surface area is 105 Å². The molecule has 0 saturated carbocycles. The molecule has 72 valence electrons. The molecule has 2 rings (SSSR count). The molecule has 1 N–H and O–H groups in total. The van der Waals surface area contributed by atoms with Gasteiger partial charge in [0.2, 0.25) is 0 Å². The summed E-state index contributed by atoms with van der Waals surface area (Å²) in [4.78, 5) is 4.27. The first-order valence-corrected chi connectivity index (χ1v) is 6.52. The van der Waals surface area contributed by atoms with E-state index in [-0.39, 0.29) is 0 Å². The largest absolute Gasteiger partial charge is 0.324 e. The minimum atomic E-state index is 0.651. The summed E-state index contributed by atoms with van der Waals surface area (Å²) < 4.78 is 4.59. The van der Waals surface area contributed by atoms with E-state index in [9.17, 15) is 0 Å². The second-order valence-electron chi connectivity index (χ2n) is 3.27. The quantitative estimate of drug-likeness (QED) is 0.765. The summed E-state index contributed by atoms with van der Waals surface area (Å²) in [6.07, 6.45) is 4.54. The fraction of sp³-hybridized carbons (Fsp3) is 0.625. The van der Waals surface area contributed by atoms with Crippen molar-refractivity contribution in [3.8, 4) is 0 Å². The Morgan fingerprint density at radius 2 is 2.46 bits per heavy atom. The van der Waals surface area contributed by atoms with Crippen LogP contribution in [0.25, 0.3) is 0 Å². The number of halogens is 2. The van der Waals surface area contributed by atoms with Crippen LogP contribution in [-0.4, -0.2) is 22.1 Å². The number of nitrogens with one attached hydrogen (secondary N) is 1. The van der Waals surface area contributed by atoms with E-state index in [0.717, 1.165) is 10.2 Å². The summed E-state index contributed by atoms with van der Waals surface area (Å²) >= 11 is 4.62. The van der Waals surface area contributed by atoms with Crippen LogP contribution in [0, 0.1) is 7.40 Å². The molecule has 1 aromatic rings. The van der Waals surface area contributed by atoms with Crippen molar-refractivity contribution in [3.05, 3.63) is 13.7 Å². The summed E-state index contributed by atoms with van der Waals surface area (Å²) in [5.41, 5.74) is 0. The van der Waals surface area contributed by atoms with E-state index in [1.165, 1.54) is 23.1 Å². The van der Waals surface area contributed by atoms with Crippen LogP contribution in [0.1, 0.15) is 12.8 Å². The summed E-state index contributed by atoms with van der Waals surface area (Å²) in [6.45, 7) is 2.24. The molecule has 1 fully saturated rings. The third-order valence-corrected chi connectivity index (χ3v) is 5.26. The zero-order valence-electron chi connectivity index (χ0n) is 7.13. The van der Waals surface area contributed by atoms with Crippen LogP contribution < -0.4 is 5.32 Å². The number of imidazole rings is 1. The average molecular weight is 403 g/mol. The smallest absolute Gasteiger partial charge is 0.132 e. The van der Waals surface area contributed by atoms with Crippen LogP contribution in [0.15, 0.2) is 6.33 Å². The SMILES string of the molecule is Ic1ncn(C[C@H]2CCCN2)c1I. The lowest BCUT2D eigenvalue weighted by atomic mass is 10.2. The Balaban J connectivity index is 2.04.